The molecular formula is C24H14BrClF3NO3. The van der Waals surface area contributed by atoms with Gasteiger partial charge in [-0.15, -0.1) is 0 Å². The first-order valence-corrected chi connectivity index (χ1v) is 10.7. The zero-order valence-electron chi connectivity index (χ0n) is 16.6. The Hall–Kier alpha value is -3.10. The summed E-state index contributed by atoms with van der Waals surface area (Å²) in [6.07, 6.45) is -4.64. The fraction of sp³-hybridized carbons (Fsp3) is 0.0833. The van der Waals surface area contributed by atoms with Crippen LogP contribution in [0, 0.1) is 0 Å². The van der Waals surface area contributed by atoms with Crippen molar-refractivity contribution >= 4 is 50.7 Å². The Labute approximate surface area is 200 Å². The summed E-state index contributed by atoms with van der Waals surface area (Å²) in [6.45, 7) is 0. The minimum absolute atomic E-state index is 0.116. The molecule has 1 atom stereocenters. The number of rotatable bonds is 3. The van der Waals surface area contributed by atoms with E-state index in [4.69, 9.17) is 11.6 Å². The summed E-state index contributed by atoms with van der Waals surface area (Å²) in [5.41, 5.74) is -0.639. The molecule has 1 aliphatic rings. The molecular weight excluding hydrogens is 523 g/mol. The summed E-state index contributed by atoms with van der Waals surface area (Å²) in [6, 6.07) is 15.6. The van der Waals surface area contributed by atoms with Crippen LogP contribution in [0.5, 0.6) is 0 Å². The quantitative estimate of drug-likeness (QED) is 0.229. The lowest BCUT2D eigenvalue weighted by Crippen LogP contribution is -2.29. The molecule has 1 aliphatic heterocycles. The molecule has 3 aromatic carbocycles. The molecule has 168 valence electrons. The highest BCUT2D eigenvalue weighted by molar-refractivity contribution is 9.10. The molecule has 4 rings (SSSR count). The van der Waals surface area contributed by atoms with E-state index in [1.54, 1.807) is 24.3 Å². The number of aliphatic hydroxyl groups excluding tert-OH is 1. The van der Waals surface area contributed by atoms with E-state index in [0.717, 1.165) is 27.6 Å². The largest absolute Gasteiger partial charge is 0.507 e. The maximum absolute atomic E-state index is 13.3. The minimum atomic E-state index is -4.64. The Bertz CT molecular complexity index is 1270. The zero-order valence-corrected chi connectivity index (χ0v) is 18.9. The normalized spacial score (nSPS) is 18.1. The Morgan fingerprint density at radius 3 is 2.21 bits per heavy atom. The predicted molar refractivity (Wildman–Crippen MR) is 122 cm³/mol. The summed E-state index contributed by atoms with van der Waals surface area (Å²) in [5, 5.41) is 11.4. The van der Waals surface area contributed by atoms with Crippen LogP contribution in [0.25, 0.3) is 5.76 Å². The highest BCUT2D eigenvalue weighted by Crippen LogP contribution is 2.43. The number of ketones is 1. The monoisotopic (exact) mass is 535 g/mol. The zero-order chi connectivity index (χ0) is 23.9. The molecule has 0 aliphatic carbocycles. The molecule has 4 nitrogen and oxygen atoms in total. The van der Waals surface area contributed by atoms with E-state index in [1.165, 1.54) is 30.3 Å². The van der Waals surface area contributed by atoms with Crippen LogP contribution in [0.2, 0.25) is 5.02 Å². The van der Waals surface area contributed by atoms with Crippen LogP contribution in [0.1, 0.15) is 22.7 Å². The molecule has 0 bridgehead atoms. The lowest BCUT2D eigenvalue weighted by molar-refractivity contribution is -0.137. The van der Waals surface area contributed by atoms with Crippen LogP contribution in [0.15, 0.2) is 82.8 Å². The topological polar surface area (TPSA) is 57.6 Å². The summed E-state index contributed by atoms with van der Waals surface area (Å²) in [4.78, 5) is 27.0. The van der Waals surface area contributed by atoms with Gasteiger partial charge in [-0.25, -0.2) is 0 Å². The molecule has 3 aromatic rings. The first kappa shape index (κ1) is 23.1. The molecule has 0 radical (unpaired) electrons. The molecule has 9 heteroatoms. The van der Waals surface area contributed by atoms with E-state index in [-0.39, 0.29) is 16.8 Å². The van der Waals surface area contributed by atoms with Gasteiger partial charge in [0.25, 0.3) is 11.7 Å². The summed E-state index contributed by atoms with van der Waals surface area (Å²) < 4.78 is 40.7. The third-order valence-electron chi connectivity index (χ3n) is 5.20. The number of hydrogen-bond donors (Lipinski definition) is 1. The molecule has 1 heterocycles. The standard InChI is InChI=1S/C24H14BrClF3NO3/c25-16-8-4-13(5-9-16)20-19(21(31)14-6-10-17(26)11-7-14)22(32)23(33)30(20)18-3-1-2-15(12-18)24(27,28)29/h1-12,20,31H/b21-19+/t20-/m1/s1. The van der Waals surface area contributed by atoms with E-state index in [2.05, 4.69) is 15.9 Å². The van der Waals surface area contributed by atoms with E-state index in [0.29, 0.717) is 10.6 Å². The number of carbonyl (C=O) groups is 2. The van der Waals surface area contributed by atoms with Gasteiger partial charge in [-0.05, 0) is 60.2 Å². The van der Waals surface area contributed by atoms with Gasteiger partial charge in [-0.1, -0.05) is 45.7 Å². The van der Waals surface area contributed by atoms with Crippen molar-refractivity contribution in [3.63, 3.8) is 0 Å². The number of benzene rings is 3. The summed E-state index contributed by atoms with van der Waals surface area (Å²) >= 11 is 9.21. The average Bonchev–Trinajstić information content (AvgIpc) is 3.04. The van der Waals surface area contributed by atoms with Gasteiger partial charge < -0.3 is 5.11 Å². The van der Waals surface area contributed by atoms with Crippen molar-refractivity contribution in [2.24, 2.45) is 0 Å². The van der Waals surface area contributed by atoms with Gasteiger partial charge in [0.15, 0.2) is 0 Å². The molecule has 1 saturated heterocycles. The predicted octanol–water partition coefficient (Wildman–Crippen LogP) is 6.75. The number of halogens is 5. The molecule has 1 amide bonds. The van der Waals surface area contributed by atoms with Crippen molar-refractivity contribution < 1.29 is 27.9 Å². The first-order valence-electron chi connectivity index (χ1n) is 9.57. The third-order valence-corrected chi connectivity index (χ3v) is 5.98. The number of alkyl halides is 3. The maximum atomic E-state index is 13.3. The Kier molecular flexibility index (Phi) is 6.07. The Balaban J connectivity index is 1.94. The molecule has 0 saturated carbocycles. The summed E-state index contributed by atoms with van der Waals surface area (Å²) in [7, 11) is 0. The van der Waals surface area contributed by atoms with Gasteiger partial charge in [0.05, 0.1) is 17.2 Å². The molecule has 0 unspecified atom stereocenters. The smallest absolute Gasteiger partial charge is 0.416 e. The Morgan fingerprint density at radius 1 is 0.970 bits per heavy atom. The van der Waals surface area contributed by atoms with Crippen molar-refractivity contribution in [2.75, 3.05) is 4.90 Å². The fourth-order valence-electron chi connectivity index (χ4n) is 3.65. The van der Waals surface area contributed by atoms with Gasteiger partial charge >= 0.3 is 6.18 Å². The van der Waals surface area contributed by atoms with Gasteiger partial charge in [0.1, 0.15) is 5.76 Å². The molecule has 1 fully saturated rings. The van der Waals surface area contributed by atoms with Gasteiger partial charge in [0.2, 0.25) is 0 Å². The van der Waals surface area contributed by atoms with Crippen molar-refractivity contribution in [2.45, 2.75) is 12.2 Å². The van der Waals surface area contributed by atoms with Crippen LogP contribution < -0.4 is 4.90 Å². The second kappa shape index (κ2) is 8.68. The maximum Gasteiger partial charge on any atom is 0.416 e. The van der Waals surface area contributed by atoms with Crippen LogP contribution in [-0.4, -0.2) is 16.8 Å². The van der Waals surface area contributed by atoms with E-state index >= 15 is 0 Å². The number of aliphatic hydroxyl groups is 1. The highest BCUT2D eigenvalue weighted by Gasteiger charge is 2.47. The molecule has 33 heavy (non-hydrogen) atoms. The number of hydrogen-bond acceptors (Lipinski definition) is 3. The minimum Gasteiger partial charge on any atom is -0.507 e. The third kappa shape index (κ3) is 4.41. The molecule has 1 N–H and O–H groups in total. The number of carbonyl (C=O) groups excluding carboxylic acids is 2. The Morgan fingerprint density at radius 2 is 1.61 bits per heavy atom. The average molecular weight is 537 g/mol. The highest BCUT2D eigenvalue weighted by atomic mass is 79.9. The van der Waals surface area contributed by atoms with Crippen molar-refractivity contribution in [3.05, 3.63) is 105 Å². The van der Waals surface area contributed by atoms with Crippen LogP contribution in [0.4, 0.5) is 18.9 Å². The van der Waals surface area contributed by atoms with Crippen LogP contribution in [-0.2, 0) is 15.8 Å². The number of Topliss-reactive ketones (excluding diaryl/α,β-unsaturated/α-hetero) is 1. The van der Waals surface area contributed by atoms with E-state index in [1.807, 2.05) is 0 Å². The first-order chi connectivity index (χ1) is 15.6. The fourth-order valence-corrected chi connectivity index (χ4v) is 4.04. The van der Waals surface area contributed by atoms with Crippen molar-refractivity contribution in [3.8, 4) is 0 Å². The van der Waals surface area contributed by atoms with Crippen LogP contribution >= 0.6 is 27.5 Å². The number of anilines is 1. The number of amides is 1. The van der Waals surface area contributed by atoms with E-state index < -0.39 is 35.2 Å². The number of nitrogens with zero attached hydrogens (tertiary/aromatic N) is 1. The second-order valence-electron chi connectivity index (χ2n) is 7.28. The summed E-state index contributed by atoms with van der Waals surface area (Å²) in [5.74, 6) is -2.50. The van der Waals surface area contributed by atoms with Gasteiger partial charge in [0, 0.05) is 20.7 Å². The van der Waals surface area contributed by atoms with Crippen molar-refractivity contribution in [1.29, 1.82) is 0 Å². The molecule has 0 spiro atoms. The lowest BCUT2D eigenvalue weighted by Gasteiger charge is -2.26. The second-order valence-corrected chi connectivity index (χ2v) is 8.63. The van der Waals surface area contributed by atoms with Gasteiger partial charge in [-0.2, -0.15) is 13.2 Å². The van der Waals surface area contributed by atoms with Gasteiger partial charge in [-0.3, -0.25) is 14.5 Å². The lowest BCUT2D eigenvalue weighted by atomic mass is 9.95. The van der Waals surface area contributed by atoms with E-state index in [9.17, 15) is 27.9 Å². The molecule has 0 aromatic heterocycles. The van der Waals surface area contributed by atoms with Crippen molar-refractivity contribution in [1.82, 2.24) is 0 Å². The SMILES string of the molecule is O=C1C(=O)N(c2cccc(C(F)(F)F)c2)[C@H](c2ccc(Br)cc2)/C1=C(\O)c1ccc(Cl)cc1. The van der Waals surface area contributed by atoms with Crippen LogP contribution in [0.3, 0.4) is 0 Å².